The topological polar surface area (TPSA) is 103 Å². The summed E-state index contributed by atoms with van der Waals surface area (Å²) in [7, 11) is -3.69. The molecule has 2 aromatic heterocycles. The zero-order valence-electron chi connectivity index (χ0n) is 17.4. The Morgan fingerprint density at radius 2 is 2.06 bits per heavy atom. The van der Waals surface area contributed by atoms with Crippen LogP contribution in [0.1, 0.15) is 47.8 Å². The molecule has 4 rings (SSSR count). The highest BCUT2D eigenvalue weighted by Gasteiger charge is 2.31. The van der Waals surface area contributed by atoms with Gasteiger partial charge in [0.05, 0.1) is 16.7 Å². The second-order valence-electron chi connectivity index (χ2n) is 7.67. The van der Waals surface area contributed by atoms with E-state index in [1.165, 1.54) is 22.7 Å². The van der Waals surface area contributed by atoms with Crippen LogP contribution in [0.15, 0.2) is 56.5 Å². The molecular weight excluding hydrogens is 420 g/mol. The number of carbonyl (C=O) groups is 1. The van der Waals surface area contributed by atoms with Crippen LogP contribution in [-0.2, 0) is 21.4 Å². The van der Waals surface area contributed by atoms with Crippen molar-refractivity contribution in [2.75, 3.05) is 6.54 Å². The molecule has 3 heterocycles. The fraction of sp³-hybridized carbons (Fsp3) is 0.364. The highest BCUT2D eigenvalue weighted by Crippen LogP contribution is 2.27. The number of sulfonamides is 1. The first-order valence-corrected chi connectivity index (χ1v) is 11.6. The van der Waals surface area contributed by atoms with Gasteiger partial charge in [-0.05, 0) is 56.5 Å². The number of esters is 1. The fourth-order valence-electron chi connectivity index (χ4n) is 3.68. The molecule has 0 spiro atoms. The largest absolute Gasteiger partial charge is 0.461 e. The highest BCUT2D eigenvalue weighted by molar-refractivity contribution is 7.89. The summed E-state index contributed by atoms with van der Waals surface area (Å²) in [5, 5.41) is 3.87. The second kappa shape index (κ2) is 8.68. The first-order valence-electron chi connectivity index (χ1n) is 10.2. The molecule has 1 atom stereocenters. The molecule has 1 fully saturated rings. The molecule has 9 heteroatoms. The van der Waals surface area contributed by atoms with Gasteiger partial charge in [-0.15, -0.1) is 0 Å². The third-order valence-electron chi connectivity index (χ3n) is 5.45. The van der Waals surface area contributed by atoms with Crippen LogP contribution in [0, 0.1) is 6.92 Å². The molecule has 31 heavy (non-hydrogen) atoms. The van der Waals surface area contributed by atoms with Crippen molar-refractivity contribution in [1.82, 2.24) is 9.46 Å². The van der Waals surface area contributed by atoms with Gasteiger partial charge in [-0.2, -0.15) is 4.31 Å². The highest BCUT2D eigenvalue weighted by atomic mass is 32.2. The lowest BCUT2D eigenvalue weighted by molar-refractivity contribution is 0.0463. The molecule has 8 nitrogen and oxygen atoms in total. The average Bonchev–Trinajstić information content (AvgIpc) is 3.44. The van der Waals surface area contributed by atoms with Gasteiger partial charge < -0.3 is 13.7 Å². The van der Waals surface area contributed by atoms with Crippen molar-refractivity contribution in [3.63, 3.8) is 0 Å². The number of carbonyl (C=O) groups excluding carboxylic acids is 1. The van der Waals surface area contributed by atoms with Crippen molar-refractivity contribution < 1.29 is 26.9 Å². The molecule has 0 aliphatic carbocycles. The first kappa shape index (κ1) is 21.3. The molecule has 1 unspecified atom stereocenters. The van der Waals surface area contributed by atoms with Crippen LogP contribution in [-0.4, -0.2) is 36.4 Å². The molecule has 1 aliphatic rings. The van der Waals surface area contributed by atoms with Crippen LogP contribution in [0.3, 0.4) is 0 Å². The molecule has 0 bridgehead atoms. The molecule has 3 aromatic rings. The van der Waals surface area contributed by atoms with Crippen LogP contribution >= 0.6 is 0 Å². The number of furan rings is 1. The SMILES string of the molecule is Cc1ccc(S(=O)(=O)N2CCCCC2C)cc1C(=O)OCc1cc(-c2ccco2)on1. The van der Waals surface area contributed by atoms with Crippen LogP contribution < -0.4 is 0 Å². The summed E-state index contributed by atoms with van der Waals surface area (Å²) in [6.07, 6.45) is 4.20. The van der Waals surface area contributed by atoms with Crippen LogP contribution in [0.5, 0.6) is 0 Å². The molecular formula is C22H24N2O6S. The Morgan fingerprint density at radius 1 is 1.23 bits per heavy atom. The third-order valence-corrected chi connectivity index (χ3v) is 7.46. The predicted molar refractivity (Wildman–Crippen MR) is 112 cm³/mol. The minimum atomic E-state index is -3.69. The van der Waals surface area contributed by atoms with E-state index in [-0.39, 0.29) is 23.1 Å². The number of hydrogen-bond acceptors (Lipinski definition) is 7. The number of ether oxygens (including phenoxy) is 1. The van der Waals surface area contributed by atoms with Crippen molar-refractivity contribution >= 4 is 16.0 Å². The number of benzene rings is 1. The van der Waals surface area contributed by atoms with Crippen molar-refractivity contribution in [3.8, 4) is 11.5 Å². The maximum Gasteiger partial charge on any atom is 0.338 e. The van der Waals surface area contributed by atoms with E-state index in [2.05, 4.69) is 5.16 Å². The zero-order valence-corrected chi connectivity index (χ0v) is 18.2. The van der Waals surface area contributed by atoms with E-state index < -0.39 is 16.0 Å². The van der Waals surface area contributed by atoms with Gasteiger partial charge in [-0.25, -0.2) is 13.2 Å². The standard InChI is InChI=1S/C22H24N2O6S/c1-15-8-9-18(31(26,27)24-10-4-3-6-16(24)2)13-19(15)22(25)29-14-17-12-21(30-23-17)20-7-5-11-28-20/h5,7-9,11-13,16H,3-4,6,10,14H2,1-2H3. The van der Waals surface area contributed by atoms with Gasteiger partial charge in [-0.3, -0.25) is 0 Å². The number of nitrogens with zero attached hydrogens (tertiary/aromatic N) is 2. The van der Waals surface area contributed by atoms with Gasteiger partial charge in [0.1, 0.15) is 12.3 Å². The van der Waals surface area contributed by atoms with Crippen molar-refractivity contribution in [2.24, 2.45) is 0 Å². The van der Waals surface area contributed by atoms with Crippen molar-refractivity contribution in [3.05, 3.63) is 59.5 Å². The van der Waals surface area contributed by atoms with Crippen LogP contribution in [0.2, 0.25) is 0 Å². The minimum Gasteiger partial charge on any atom is -0.461 e. The average molecular weight is 445 g/mol. The van der Waals surface area contributed by atoms with E-state index in [1.54, 1.807) is 31.2 Å². The van der Waals surface area contributed by atoms with Gasteiger partial charge in [0, 0.05) is 18.7 Å². The summed E-state index contributed by atoms with van der Waals surface area (Å²) in [4.78, 5) is 12.8. The van der Waals surface area contributed by atoms with E-state index in [9.17, 15) is 13.2 Å². The van der Waals surface area contributed by atoms with E-state index >= 15 is 0 Å². The summed E-state index contributed by atoms with van der Waals surface area (Å²) >= 11 is 0. The molecule has 0 N–H and O–H groups in total. The van der Waals surface area contributed by atoms with Crippen LogP contribution in [0.25, 0.3) is 11.5 Å². The smallest absolute Gasteiger partial charge is 0.338 e. The van der Waals surface area contributed by atoms with E-state index in [0.29, 0.717) is 29.3 Å². The number of rotatable bonds is 6. The monoisotopic (exact) mass is 444 g/mol. The van der Waals surface area contributed by atoms with E-state index in [1.807, 2.05) is 6.92 Å². The van der Waals surface area contributed by atoms with Crippen LogP contribution in [0.4, 0.5) is 0 Å². The maximum absolute atomic E-state index is 13.1. The first-order chi connectivity index (χ1) is 14.9. The predicted octanol–water partition coefficient (Wildman–Crippen LogP) is 4.16. The normalized spacial score (nSPS) is 17.5. The van der Waals surface area contributed by atoms with Gasteiger partial charge in [-0.1, -0.05) is 17.6 Å². The molecule has 1 aromatic carbocycles. The maximum atomic E-state index is 13.1. The second-order valence-corrected chi connectivity index (χ2v) is 9.56. The lowest BCUT2D eigenvalue weighted by Crippen LogP contribution is -2.41. The number of aryl methyl sites for hydroxylation is 1. The lowest BCUT2D eigenvalue weighted by atomic mass is 10.1. The zero-order chi connectivity index (χ0) is 22.0. The molecule has 0 radical (unpaired) electrons. The Morgan fingerprint density at radius 3 is 2.81 bits per heavy atom. The number of piperidine rings is 1. The Hall–Kier alpha value is -2.91. The third kappa shape index (κ3) is 4.42. The fourth-order valence-corrected chi connectivity index (χ4v) is 5.40. The Bertz CT molecular complexity index is 1170. The molecule has 0 amide bonds. The van der Waals surface area contributed by atoms with Crippen molar-refractivity contribution in [1.29, 1.82) is 0 Å². The Kier molecular flexibility index (Phi) is 5.97. The summed E-state index contributed by atoms with van der Waals surface area (Å²) in [5.74, 6) is 0.325. The minimum absolute atomic E-state index is 0.0639. The quantitative estimate of drug-likeness (QED) is 0.526. The molecule has 1 aliphatic heterocycles. The van der Waals surface area contributed by atoms with Crippen molar-refractivity contribution in [2.45, 2.75) is 50.7 Å². The molecule has 1 saturated heterocycles. The summed E-state index contributed by atoms with van der Waals surface area (Å²) in [5.41, 5.74) is 1.26. The van der Waals surface area contributed by atoms with Gasteiger partial charge in [0.2, 0.25) is 15.8 Å². The Labute approximate surface area is 180 Å². The van der Waals surface area contributed by atoms with Gasteiger partial charge >= 0.3 is 5.97 Å². The summed E-state index contributed by atoms with van der Waals surface area (Å²) < 4.78 is 43.6. The number of aromatic nitrogens is 1. The molecule has 164 valence electrons. The van der Waals surface area contributed by atoms with E-state index in [4.69, 9.17) is 13.7 Å². The summed E-state index contributed by atoms with van der Waals surface area (Å²) in [6, 6.07) is 9.58. The summed E-state index contributed by atoms with van der Waals surface area (Å²) in [6.45, 7) is 4.03. The number of hydrogen-bond donors (Lipinski definition) is 0. The van der Waals surface area contributed by atoms with Gasteiger partial charge in [0.25, 0.3) is 0 Å². The van der Waals surface area contributed by atoms with Gasteiger partial charge in [0.15, 0.2) is 5.76 Å². The Balaban J connectivity index is 1.49. The lowest BCUT2D eigenvalue weighted by Gasteiger charge is -2.32. The molecule has 0 saturated carbocycles. The van der Waals surface area contributed by atoms with E-state index in [0.717, 1.165) is 19.3 Å².